The quantitative estimate of drug-likeness (QED) is 0.693. The fraction of sp³-hybridized carbons (Fsp3) is 0.348. The summed E-state index contributed by atoms with van der Waals surface area (Å²) in [4.78, 5) is 16.1. The molecule has 0 aromatic heterocycles. The number of hydrogen-bond donors (Lipinski definition) is 2. The van der Waals surface area contributed by atoms with Crippen LogP contribution in [0.1, 0.15) is 38.2 Å². The zero-order chi connectivity index (χ0) is 19.5. The van der Waals surface area contributed by atoms with Gasteiger partial charge in [0.1, 0.15) is 5.75 Å². The molecule has 1 amide bonds. The van der Waals surface area contributed by atoms with Crippen LogP contribution in [0.15, 0.2) is 59.5 Å². The molecule has 5 heteroatoms. The van der Waals surface area contributed by atoms with Crippen LogP contribution in [0.25, 0.3) is 6.08 Å². The third kappa shape index (κ3) is 3.90. The van der Waals surface area contributed by atoms with Crippen LogP contribution in [0.2, 0.25) is 0 Å². The van der Waals surface area contributed by atoms with Gasteiger partial charge in [0.05, 0.1) is 4.91 Å². The predicted octanol–water partition coefficient (Wildman–Crippen LogP) is 5.28. The Morgan fingerprint density at radius 1 is 1.07 bits per heavy atom. The van der Waals surface area contributed by atoms with Gasteiger partial charge in [0.15, 0.2) is 5.50 Å². The summed E-state index contributed by atoms with van der Waals surface area (Å²) in [6.07, 6.45) is 6.43. The molecule has 1 saturated heterocycles. The Morgan fingerprint density at radius 2 is 1.79 bits per heavy atom. The number of carbonyl (C=O) groups excluding carboxylic acids is 1. The molecule has 28 heavy (non-hydrogen) atoms. The van der Waals surface area contributed by atoms with Crippen LogP contribution in [0.5, 0.6) is 5.75 Å². The fourth-order valence-electron chi connectivity index (χ4n) is 4.12. The highest BCUT2D eigenvalue weighted by molar-refractivity contribution is 8.05. The van der Waals surface area contributed by atoms with Gasteiger partial charge < -0.3 is 15.3 Å². The molecule has 2 fully saturated rings. The van der Waals surface area contributed by atoms with Crippen LogP contribution in [0.4, 0.5) is 5.69 Å². The Balaban J connectivity index is 1.66. The van der Waals surface area contributed by atoms with Crippen molar-refractivity contribution in [1.29, 1.82) is 0 Å². The first-order chi connectivity index (χ1) is 13.6. The summed E-state index contributed by atoms with van der Waals surface area (Å²) >= 11 is 1.54. The largest absolute Gasteiger partial charge is 0.507 e. The number of phenolic OH excluding ortho intramolecular Hbond substituents is 1. The Hall–Kier alpha value is -2.40. The molecule has 3 atom stereocenters. The molecule has 1 unspecified atom stereocenters. The average Bonchev–Trinajstić information content (AvgIpc) is 3.00. The van der Waals surface area contributed by atoms with E-state index >= 15 is 0 Å². The third-order valence-electron chi connectivity index (χ3n) is 5.65. The van der Waals surface area contributed by atoms with Crippen molar-refractivity contribution >= 4 is 29.4 Å². The molecule has 0 spiro atoms. The van der Waals surface area contributed by atoms with E-state index in [9.17, 15) is 9.90 Å². The van der Waals surface area contributed by atoms with E-state index in [-0.39, 0.29) is 23.2 Å². The Labute approximate surface area is 170 Å². The first-order valence-electron chi connectivity index (χ1n) is 9.94. The SMILES string of the molecule is C[C@H]1CCCC[C@H]1N1C(=O)/C(=C/c2ccccc2O)SC1Nc1ccccc1. The zero-order valence-electron chi connectivity index (χ0n) is 16.0. The first kappa shape index (κ1) is 18.9. The van der Waals surface area contributed by atoms with Gasteiger partial charge in [-0.2, -0.15) is 0 Å². The van der Waals surface area contributed by atoms with E-state index in [0.29, 0.717) is 16.4 Å². The van der Waals surface area contributed by atoms with E-state index in [1.165, 1.54) is 24.6 Å². The number of para-hydroxylation sites is 2. The van der Waals surface area contributed by atoms with Gasteiger partial charge in [-0.1, -0.05) is 67.9 Å². The summed E-state index contributed by atoms with van der Waals surface area (Å²) in [7, 11) is 0. The summed E-state index contributed by atoms with van der Waals surface area (Å²) < 4.78 is 0. The fourth-order valence-corrected chi connectivity index (χ4v) is 5.32. The number of phenols is 1. The van der Waals surface area contributed by atoms with Gasteiger partial charge >= 0.3 is 0 Å². The van der Waals surface area contributed by atoms with Crippen molar-refractivity contribution in [3.8, 4) is 5.75 Å². The number of nitrogens with zero attached hydrogens (tertiary/aromatic N) is 1. The molecule has 4 rings (SSSR count). The second-order valence-corrected chi connectivity index (χ2v) is 8.71. The minimum atomic E-state index is -0.141. The van der Waals surface area contributed by atoms with Gasteiger partial charge in [-0.3, -0.25) is 4.79 Å². The molecule has 0 radical (unpaired) electrons. The predicted molar refractivity (Wildman–Crippen MR) is 116 cm³/mol. The molecule has 2 aliphatic rings. The molecule has 2 N–H and O–H groups in total. The van der Waals surface area contributed by atoms with E-state index in [4.69, 9.17) is 0 Å². The molecule has 4 nitrogen and oxygen atoms in total. The van der Waals surface area contributed by atoms with Crippen molar-refractivity contribution in [2.24, 2.45) is 5.92 Å². The molecule has 1 aliphatic heterocycles. The molecule has 1 heterocycles. The lowest BCUT2D eigenvalue weighted by Gasteiger charge is -2.39. The number of benzene rings is 2. The summed E-state index contributed by atoms with van der Waals surface area (Å²) in [5.74, 6) is 0.740. The van der Waals surface area contributed by atoms with Gasteiger partial charge in [-0.15, -0.1) is 0 Å². The first-order valence-corrected chi connectivity index (χ1v) is 10.8. The van der Waals surface area contributed by atoms with Gasteiger partial charge in [-0.05, 0) is 43.0 Å². The van der Waals surface area contributed by atoms with Crippen LogP contribution < -0.4 is 5.32 Å². The van der Waals surface area contributed by atoms with Gasteiger partial charge in [-0.25, -0.2) is 0 Å². The van der Waals surface area contributed by atoms with Crippen LogP contribution in [0, 0.1) is 5.92 Å². The summed E-state index contributed by atoms with van der Waals surface area (Å²) in [5, 5.41) is 13.7. The lowest BCUT2D eigenvalue weighted by Crippen LogP contribution is -2.48. The summed E-state index contributed by atoms with van der Waals surface area (Å²) in [5.41, 5.74) is 1.54. The number of nitrogens with one attached hydrogen (secondary N) is 1. The highest BCUT2D eigenvalue weighted by Gasteiger charge is 2.42. The molecule has 0 bridgehead atoms. The monoisotopic (exact) mass is 394 g/mol. The molecular formula is C23H26N2O2S. The summed E-state index contributed by atoms with van der Waals surface area (Å²) in [6.45, 7) is 2.26. The minimum Gasteiger partial charge on any atom is -0.507 e. The average molecular weight is 395 g/mol. The summed E-state index contributed by atoms with van der Waals surface area (Å²) in [6, 6.07) is 17.4. The second-order valence-electron chi connectivity index (χ2n) is 7.59. The Morgan fingerprint density at radius 3 is 2.54 bits per heavy atom. The Kier molecular flexibility index (Phi) is 5.62. The maximum absolute atomic E-state index is 13.4. The van der Waals surface area contributed by atoms with Crippen LogP contribution >= 0.6 is 11.8 Å². The molecule has 146 valence electrons. The standard InChI is InChI=1S/C23H26N2O2S/c1-16-9-5-7-13-19(16)25-22(27)21(15-17-10-6-8-14-20(17)26)28-23(25)24-18-11-3-2-4-12-18/h2-4,6,8,10-12,14-16,19,23-24,26H,5,7,9,13H2,1H3/b21-15-/t16-,19+,23?/m0/s1. The lowest BCUT2D eigenvalue weighted by atomic mass is 9.85. The van der Waals surface area contributed by atoms with E-state index in [2.05, 4.69) is 12.2 Å². The molecule has 1 saturated carbocycles. The number of hydrogen-bond acceptors (Lipinski definition) is 4. The van der Waals surface area contributed by atoms with E-state index in [0.717, 1.165) is 18.5 Å². The number of aromatic hydroxyl groups is 1. The molecular weight excluding hydrogens is 368 g/mol. The normalized spacial score (nSPS) is 26.6. The smallest absolute Gasteiger partial charge is 0.262 e. The maximum atomic E-state index is 13.4. The number of carbonyl (C=O) groups is 1. The highest BCUT2D eigenvalue weighted by atomic mass is 32.2. The minimum absolute atomic E-state index is 0.0560. The molecule has 1 aliphatic carbocycles. The van der Waals surface area contributed by atoms with Crippen molar-refractivity contribution in [2.75, 3.05) is 5.32 Å². The number of rotatable bonds is 4. The van der Waals surface area contributed by atoms with Crippen molar-refractivity contribution in [1.82, 2.24) is 4.90 Å². The third-order valence-corrected chi connectivity index (χ3v) is 6.76. The van der Waals surface area contributed by atoms with Crippen LogP contribution in [0.3, 0.4) is 0 Å². The zero-order valence-corrected chi connectivity index (χ0v) is 16.9. The Bertz CT molecular complexity index is 868. The maximum Gasteiger partial charge on any atom is 0.262 e. The van der Waals surface area contributed by atoms with Crippen molar-refractivity contribution in [2.45, 2.75) is 44.1 Å². The molecule has 2 aromatic carbocycles. The van der Waals surface area contributed by atoms with Crippen molar-refractivity contribution < 1.29 is 9.90 Å². The topological polar surface area (TPSA) is 52.6 Å². The van der Waals surface area contributed by atoms with Crippen LogP contribution in [-0.2, 0) is 4.79 Å². The second kappa shape index (κ2) is 8.31. The molecule has 2 aromatic rings. The van der Waals surface area contributed by atoms with Gasteiger partial charge in [0, 0.05) is 17.3 Å². The number of anilines is 1. The van der Waals surface area contributed by atoms with E-state index in [1.807, 2.05) is 53.4 Å². The lowest BCUT2D eigenvalue weighted by molar-refractivity contribution is -0.129. The highest BCUT2D eigenvalue weighted by Crippen LogP contribution is 2.42. The van der Waals surface area contributed by atoms with Crippen LogP contribution in [-0.4, -0.2) is 27.5 Å². The van der Waals surface area contributed by atoms with Gasteiger partial charge in [0.2, 0.25) is 0 Å². The van der Waals surface area contributed by atoms with Crippen molar-refractivity contribution in [3.05, 3.63) is 65.1 Å². The van der Waals surface area contributed by atoms with E-state index < -0.39 is 0 Å². The number of amides is 1. The van der Waals surface area contributed by atoms with E-state index in [1.54, 1.807) is 12.1 Å². The number of thioether (sulfide) groups is 1. The van der Waals surface area contributed by atoms with Crippen molar-refractivity contribution in [3.63, 3.8) is 0 Å². The van der Waals surface area contributed by atoms with Gasteiger partial charge in [0.25, 0.3) is 5.91 Å².